The van der Waals surface area contributed by atoms with E-state index in [9.17, 15) is 5.11 Å². The molecule has 0 saturated heterocycles. The summed E-state index contributed by atoms with van der Waals surface area (Å²) in [7, 11) is 1.62. The van der Waals surface area contributed by atoms with Crippen molar-refractivity contribution in [2.45, 2.75) is 12.6 Å². The van der Waals surface area contributed by atoms with E-state index in [-0.39, 0.29) is 0 Å². The smallest absolute Gasteiger partial charge is 0.119 e. The molecule has 0 aliphatic rings. The summed E-state index contributed by atoms with van der Waals surface area (Å²) in [6.07, 6.45) is -0.529. The fourth-order valence-corrected chi connectivity index (χ4v) is 1.92. The Morgan fingerprint density at radius 2 is 1.89 bits per heavy atom. The van der Waals surface area contributed by atoms with E-state index in [4.69, 9.17) is 4.74 Å². The molecule has 19 heavy (non-hydrogen) atoms. The highest BCUT2D eigenvalue weighted by Gasteiger charge is 2.07. The molecule has 0 heterocycles. The average Bonchev–Trinajstić information content (AvgIpc) is 2.48. The van der Waals surface area contributed by atoms with E-state index >= 15 is 0 Å². The van der Waals surface area contributed by atoms with Crippen LogP contribution in [-0.2, 0) is 6.54 Å². The zero-order valence-electron chi connectivity index (χ0n) is 11.0. The quantitative estimate of drug-likeness (QED) is 0.835. The van der Waals surface area contributed by atoms with E-state index in [1.807, 2.05) is 42.5 Å². The zero-order chi connectivity index (χ0) is 13.5. The largest absolute Gasteiger partial charge is 0.497 e. The number of aliphatic hydroxyl groups excluding tert-OH is 1. The van der Waals surface area contributed by atoms with Crippen molar-refractivity contribution >= 4 is 0 Å². The molecule has 0 spiro atoms. The summed E-state index contributed by atoms with van der Waals surface area (Å²) in [5.41, 5.74) is 2.07. The van der Waals surface area contributed by atoms with Crippen LogP contribution in [0.25, 0.3) is 0 Å². The van der Waals surface area contributed by atoms with E-state index in [0.29, 0.717) is 6.54 Å². The van der Waals surface area contributed by atoms with E-state index < -0.39 is 6.10 Å². The molecule has 0 amide bonds. The van der Waals surface area contributed by atoms with Crippen LogP contribution in [0.1, 0.15) is 17.2 Å². The van der Waals surface area contributed by atoms with Crippen LogP contribution in [0.2, 0.25) is 0 Å². The number of methoxy groups -OCH3 is 1. The molecule has 100 valence electrons. The topological polar surface area (TPSA) is 41.5 Å². The maximum absolute atomic E-state index is 10.1. The Balaban J connectivity index is 1.85. The number of rotatable bonds is 6. The van der Waals surface area contributed by atoms with Gasteiger partial charge in [-0.15, -0.1) is 0 Å². The highest BCUT2D eigenvalue weighted by Crippen LogP contribution is 2.18. The van der Waals surface area contributed by atoms with Crippen molar-refractivity contribution < 1.29 is 9.84 Å². The monoisotopic (exact) mass is 257 g/mol. The Labute approximate surface area is 113 Å². The highest BCUT2D eigenvalue weighted by atomic mass is 16.5. The van der Waals surface area contributed by atoms with Crippen LogP contribution in [0.15, 0.2) is 54.6 Å². The number of aliphatic hydroxyl groups is 1. The highest BCUT2D eigenvalue weighted by molar-refractivity contribution is 5.29. The first-order valence-electron chi connectivity index (χ1n) is 6.36. The van der Waals surface area contributed by atoms with Crippen LogP contribution >= 0.6 is 0 Å². The van der Waals surface area contributed by atoms with E-state index in [1.54, 1.807) is 7.11 Å². The summed E-state index contributed by atoms with van der Waals surface area (Å²) in [4.78, 5) is 0. The first kappa shape index (κ1) is 13.6. The van der Waals surface area contributed by atoms with E-state index in [0.717, 1.165) is 17.9 Å². The molecule has 1 atom stereocenters. The van der Waals surface area contributed by atoms with Crippen molar-refractivity contribution in [1.82, 2.24) is 5.32 Å². The van der Waals surface area contributed by atoms with Gasteiger partial charge in [0.2, 0.25) is 0 Å². The molecule has 3 heteroatoms. The number of ether oxygens (including phenoxy) is 1. The molecule has 0 unspecified atom stereocenters. The predicted octanol–water partition coefficient (Wildman–Crippen LogP) is 2.52. The second-order valence-electron chi connectivity index (χ2n) is 4.41. The summed E-state index contributed by atoms with van der Waals surface area (Å²) in [5, 5.41) is 13.3. The van der Waals surface area contributed by atoms with Crippen molar-refractivity contribution in [3.05, 3.63) is 65.7 Å². The summed E-state index contributed by atoms with van der Waals surface area (Å²) < 4.78 is 5.15. The maximum Gasteiger partial charge on any atom is 0.119 e. The molecule has 0 radical (unpaired) electrons. The lowest BCUT2D eigenvalue weighted by Crippen LogP contribution is -2.21. The van der Waals surface area contributed by atoms with Gasteiger partial charge >= 0.3 is 0 Å². The predicted molar refractivity (Wildman–Crippen MR) is 76.1 cm³/mol. The van der Waals surface area contributed by atoms with Gasteiger partial charge in [0.15, 0.2) is 0 Å². The Hall–Kier alpha value is -1.84. The van der Waals surface area contributed by atoms with Crippen LogP contribution < -0.4 is 10.1 Å². The molecular weight excluding hydrogens is 238 g/mol. The van der Waals surface area contributed by atoms with Crippen molar-refractivity contribution in [2.24, 2.45) is 0 Å². The molecule has 0 aliphatic heterocycles. The third kappa shape index (κ3) is 4.09. The molecule has 3 nitrogen and oxygen atoms in total. The van der Waals surface area contributed by atoms with E-state index in [1.165, 1.54) is 5.56 Å². The Morgan fingerprint density at radius 3 is 2.63 bits per heavy atom. The second-order valence-corrected chi connectivity index (χ2v) is 4.41. The van der Waals surface area contributed by atoms with Gasteiger partial charge < -0.3 is 15.2 Å². The van der Waals surface area contributed by atoms with Crippen LogP contribution in [-0.4, -0.2) is 18.8 Å². The fraction of sp³-hybridized carbons (Fsp3) is 0.250. The summed E-state index contributed by atoms with van der Waals surface area (Å²) in [6, 6.07) is 17.6. The minimum absolute atomic E-state index is 0.516. The lowest BCUT2D eigenvalue weighted by molar-refractivity contribution is 0.174. The molecule has 2 rings (SSSR count). The number of nitrogens with one attached hydrogen (secondary N) is 1. The number of benzene rings is 2. The summed E-state index contributed by atoms with van der Waals surface area (Å²) in [5.74, 6) is 0.764. The first-order chi connectivity index (χ1) is 9.29. The van der Waals surface area contributed by atoms with Crippen molar-refractivity contribution in [2.75, 3.05) is 13.7 Å². The minimum atomic E-state index is -0.529. The zero-order valence-corrected chi connectivity index (χ0v) is 11.0. The minimum Gasteiger partial charge on any atom is -0.497 e. The molecular formula is C16H19NO2. The van der Waals surface area contributed by atoms with Crippen LogP contribution in [0.4, 0.5) is 0 Å². The van der Waals surface area contributed by atoms with Gasteiger partial charge in [-0.3, -0.25) is 0 Å². The van der Waals surface area contributed by atoms with Gasteiger partial charge in [0.05, 0.1) is 13.2 Å². The summed E-state index contributed by atoms with van der Waals surface area (Å²) >= 11 is 0. The standard InChI is InChI=1S/C16H19NO2/c1-19-15-9-5-8-14(10-15)16(18)12-17-11-13-6-3-2-4-7-13/h2-10,16-18H,11-12H2,1H3/t16-/m0/s1. The Morgan fingerprint density at radius 1 is 1.11 bits per heavy atom. The second kappa shape index (κ2) is 6.92. The van der Waals surface area contributed by atoms with Crippen LogP contribution in [0.5, 0.6) is 5.75 Å². The molecule has 0 aromatic heterocycles. The van der Waals surface area contributed by atoms with Crippen molar-refractivity contribution in [3.63, 3.8) is 0 Å². The van der Waals surface area contributed by atoms with Gasteiger partial charge in [0, 0.05) is 13.1 Å². The number of hydrogen-bond donors (Lipinski definition) is 2. The molecule has 2 N–H and O–H groups in total. The van der Waals surface area contributed by atoms with Gasteiger partial charge in [-0.25, -0.2) is 0 Å². The number of hydrogen-bond acceptors (Lipinski definition) is 3. The molecule has 2 aromatic rings. The lowest BCUT2D eigenvalue weighted by atomic mass is 10.1. The Bertz CT molecular complexity index is 499. The van der Waals surface area contributed by atoms with Gasteiger partial charge in [-0.1, -0.05) is 42.5 Å². The average molecular weight is 257 g/mol. The SMILES string of the molecule is COc1cccc([C@@H](O)CNCc2ccccc2)c1. The third-order valence-electron chi connectivity index (χ3n) is 2.99. The molecule has 0 saturated carbocycles. The van der Waals surface area contributed by atoms with Gasteiger partial charge in [-0.05, 0) is 23.3 Å². The van der Waals surface area contributed by atoms with Gasteiger partial charge in [0.1, 0.15) is 5.75 Å². The van der Waals surface area contributed by atoms with Crippen molar-refractivity contribution in [3.8, 4) is 5.75 Å². The van der Waals surface area contributed by atoms with Crippen LogP contribution in [0, 0.1) is 0 Å². The normalized spacial score (nSPS) is 12.1. The van der Waals surface area contributed by atoms with E-state index in [2.05, 4.69) is 17.4 Å². The van der Waals surface area contributed by atoms with Crippen molar-refractivity contribution in [1.29, 1.82) is 0 Å². The first-order valence-corrected chi connectivity index (χ1v) is 6.36. The lowest BCUT2D eigenvalue weighted by Gasteiger charge is -2.13. The Kier molecular flexibility index (Phi) is 4.95. The molecule has 2 aromatic carbocycles. The van der Waals surface area contributed by atoms with Crippen LogP contribution in [0.3, 0.4) is 0 Å². The summed E-state index contributed by atoms with van der Waals surface area (Å²) in [6.45, 7) is 1.27. The fourth-order valence-electron chi connectivity index (χ4n) is 1.92. The van der Waals surface area contributed by atoms with Gasteiger partial charge in [0.25, 0.3) is 0 Å². The molecule has 0 aliphatic carbocycles. The maximum atomic E-state index is 10.1. The molecule has 0 bridgehead atoms. The third-order valence-corrected chi connectivity index (χ3v) is 2.99. The molecule has 0 fully saturated rings. The van der Waals surface area contributed by atoms with Gasteiger partial charge in [-0.2, -0.15) is 0 Å².